The third-order valence-corrected chi connectivity index (χ3v) is 2.54. The smallest absolute Gasteiger partial charge is 0.423 e. The fourth-order valence-electron chi connectivity index (χ4n) is 1.86. The zero-order chi connectivity index (χ0) is 9.97. The summed E-state index contributed by atoms with van der Waals surface area (Å²) in [7, 11) is -1.43. The van der Waals surface area contributed by atoms with Crippen LogP contribution in [0.3, 0.4) is 0 Å². The van der Waals surface area contributed by atoms with E-state index in [0.29, 0.717) is 5.46 Å². The molecule has 0 radical (unpaired) electrons. The molecule has 1 aliphatic heterocycles. The van der Waals surface area contributed by atoms with Crippen LogP contribution in [0.5, 0.6) is 0 Å². The van der Waals surface area contributed by atoms with Crippen molar-refractivity contribution in [3.63, 3.8) is 0 Å². The Labute approximate surface area is 83.1 Å². The van der Waals surface area contributed by atoms with Crippen LogP contribution < -0.4 is 10.8 Å². The number of aromatic nitrogens is 1. The molecule has 0 aromatic carbocycles. The standard InChI is InChI=1S/C9H13BN2O2/c13-10(14)7-3-1-6-12-9(7)8-4-2-5-11-8/h1,3,6,8,11,13-14H,2,4-5H2. The molecule has 1 unspecified atom stereocenters. The topological polar surface area (TPSA) is 65.4 Å². The molecule has 0 amide bonds. The Morgan fingerprint density at radius 2 is 2.36 bits per heavy atom. The highest BCUT2D eigenvalue weighted by molar-refractivity contribution is 6.59. The van der Waals surface area contributed by atoms with E-state index in [4.69, 9.17) is 10.0 Å². The lowest BCUT2D eigenvalue weighted by molar-refractivity contribution is 0.424. The summed E-state index contributed by atoms with van der Waals surface area (Å²) in [5.74, 6) is 0. The summed E-state index contributed by atoms with van der Waals surface area (Å²) in [6, 6.07) is 3.59. The molecule has 14 heavy (non-hydrogen) atoms. The molecule has 1 aromatic heterocycles. The van der Waals surface area contributed by atoms with E-state index in [1.807, 2.05) is 0 Å². The summed E-state index contributed by atoms with van der Waals surface area (Å²) in [6.45, 7) is 0.974. The van der Waals surface area contributed by atoms with Gasteiger partial charge in [-0.15, -0.1) is 0 Å². The van der Waals surface area contributed by atoms with Crippen LogP contribution in [0.2, 0.25) is 0 Å². The van der Waals surface area contributed by atoms with Crippen LogP contribution in [0.25, 0.3) is 0 Å². The van der Waals surface area contributed by atoms with Crippen molar-refractivity contribution in [1.29, 1.82) is 0 Å². The third kappa shape index (κ3) is 1.80. The summed E-state index contributed by atoms with van der Waals surface area (Å²) in [6.07, 6.45) is 3.81. The van der Waals surface area contributed by atoms with Gasteiger partial charge in [0.05, 0.1) is 5.69 Å². The molecule has 1 aliphatic rings. The monoisotopic (exact) mass is 192 g/mol. The third-order valence-electron chi connectivity index (χ3n) is 2.54. The molecular formula is C9H13BN2O2. The molecule has 4 nitrogen and oxygen atoms in total. The lowest BCUT2D eigenvalue weighted by Gasteiger charge is -2.13. The van der Waals surface area contributed by atoms with Gasteiger partial charge in [0.2, 0.25) is 0 Å². The van der Waals surface area contributed by atoms with Gasteiger partial charge in [-0.2, -0.15) is 0 Å². The van der Waals surface area contributed by atoms with Gasteiger partial charge < -0.3 is 15.4 Å². The maximum absolute atomic E-state index is 9.15. The van der Waals surface area contributed by atoms with E-state index in [1.165, 1.54) is 0 Å². The zero-order valence-corrected chi connectivity index (χ0v) is 7.85. The Morgan fingerprint density at radius 1 is 1.50 bits per heavy atom. The highest BCUT2D eigenvalue weighted by atomic mass is 16.4. The number of pyridine rings is 1. The number of nitrogens with one attached hydrogen (secondary N) is 1. The molecule has 1 saturated heterocycles. The second-order valence-corrected chi connectivity index (χ2v) is 3.50. The lowest BCUT2D eigenvalue weighted by atomic mass is 9.77. The van der Waals surface area contributed by atoms with Crippen molar-refractivity contribution in [2.75, 3.05) is 6.54 Å². The van der Waals surface area contributed by atoms with E-state index in [2.05, 4.69) is 10.3 Å². The van der Waals surface area contributed by atoms with Crippen molar-refractivity contribution in [3.05, 3.63) is 24.0 Å². The molecule has 74 valence electrons. The first-order chi connectivity index (χ1) is 6.79. The largest absolute Gasteiger partial charge is 0.490 e. The minimum absolute atomic E-state index is 0.174. The molecule has 2 heterocycles. The average Bonchev–Trinajstić information content (AvgIpc) is 2.70. The van der Waals surface area contributed by atoms with Crippen LogP contribution in [-0.4, -0.2) is 28.7 Å². The molecule has 1 atom stereocenters. The van der Waals surface area contributed by atoms with E-state index >= 15 is 0 Å². The van der Waals surface area contributed by atoms with Gasteiger partial charge >= 0.3 is 7.12 Å². The summed E-state index contributed by atoms with van der Waals surface area (Å²) < 4.78 is 0. The van der Waals surface area contributed by atoms with Crippen LogP contribution in [0.1, 0.15) is 24.6 Å². The Hall–Kier alpha value is -0.905. The average molecular weight is 192 g/mol. The minimum atomic E-state index is -1.43. The Bertz CT molecular complexity index is 313. The van der Waals surface area contributed by atoms with E-state index in [0.717, 1.165) is 25.1 Å². The normalized spacial score (nSPS) is 21.1. The van der Waals surface area contributed by atoms with Gasteiger partial charge in [0.1, 0.15) is 0 Å². The predicted octanol–water partition coefficient (Wildman–Crippen LogP) is -0.814. The molecule has 1 aromatic rings. The van der Waals surface area contributed by atoms with Crippen LogP contribution in [0, 0.1) is 0 Å². The summed E-state index contributed by atoms with van der Waals surface area (Å²) in [4.78, 5) is 4.20. The van der Waals surface area contributed by atoms with Gasteiger partial charge in [-0.3, -0.25) is 4.98 Å². The van der Waals surface area contributed by atoms with E-state index in [9.17, 15) is 0 Å². The molecule has 0 bridgehead atoms. The molecular weight excluding hydrogens is 179 g/mol. The van der Waals surface area contributed by atoms with Crippen LogP contribution in [0.15, 0.2) is 18.3 Å². The zero-order valence-electron chi connectivity index (χ0n) is 7.85. The van der Waals surface area contributed by atoms with E-state index in [-0.39, 0.29) is 6.04 Å². The van der Waals surface area contributed by atoms with Crippen molar-refractivity contribution in [2.45, 2.75) is 18.9 Å². The number of hydrogen-bond donors (Lipinski definition) is 3. The summed E-state index contributed by atoms with van der Waals surface area (Å²) in [5, 5.41) is 21.6. The maximum atomic E-state index is 9.15. The minimum Gasteiger partial charge on any atom is -0.423 e. The first-order valence-corrected chi connectivity index (χ1v) is 4.83. The second kappa shape index (κ2) is 4.08. The van der Waals surface area contributed by atoms with E-state index in [1.54, 1.807) is 18.3 Å². The van der Waals surface area contributed by atoms with Gasteiger partial charge in [0.25, 0.3) is 0 Å². The molecule has 0 saturated carbocycles. The summed E-state index contributed by atoms with van der Waals surface area (Å²) in [5.41, 5.74) is 1.27. The number of rotatable bonds is 2. The fourth-order valence-corrected chi connectivity index (χ4v) is 1.86. The number of nitrogens with zero attached hydrogens (tertiary/aromatic N) is 1. The number of hydrogen-bond acceptors (Lipinski definition) is 4. The molecule has 2 rings (SSSR count). The molecule has 3 N–H and O–H groups in total. The van der Waals surface area contributed by atoms with Crippen molar-refractivity contribution in [2.24, 2.45) is 0 Å². The Kier molecular flexibility index (Phi) is 2.81. The fraction of sp³-hybridized carbons (Fsp3) is 0.444. The van der Waals surface area contributed by atoms with Crippen molar-refractivity contribution in [3.8, 4) is 0 Å². The SMILES string of the molecule is OB(O)c1cccnc1C1CCCN1. The van der Waals surface area contributed by atoms with Crippen molar-refractivity contribution >= 4 is 12.6 Å². The highest BCUT2D eigenvalue weighted by Gasteiger charge is 2.24. The van der Waals surface area contributed by atoms with Crippen molar-refractivity contribution in [1.82, 2.24) is 10.3 Å². The maximum Gasteiger partial charge on any atom is 0.490 e. The molecule has 1 fully saturated rings. The van der Waals surface area contributed by atoms with Crippen LogP contribution in [-0.2, 0) is 0 Å². The second-order valence-electron chi connectivity index (χ2n) is 3.50. The van der Waals surface area contributed by atoms with Gasteiger partial charge in [-0.05, 0) is 25.5 Å². The predicted molar refractivity (Wildman–Crippen MR) is 54.0 cm³/mol. The van der Waals surface area contributed by atoms with Crippen LogP contribution in [0.4, 0.5) is 0 Å². The van der Waals surface area contributed by atoms with Gasteiger partial charge in [0.15, 0.2) is 0 Å². The molecule has 5 heteroatoms. The van der Waals surface area contributed by atoms with Crippen LogP contribution >= 0.6 is 0 Å². The Balaban J connectivity index is 2.30. The molecule has 0 spiro atoms. The first kappa shape index (κ1) is 9.64. The quantitative estimate of drug-likeness (QED) is 0.536. The van der Waals surface area contributed by atoms with Gasteiger partial charge in [-0.1, -0.05) is 6.07 Å². The lowest BCUT2D eigenvalue weighted by Crippen LogP contribution is -2.36. The van der Waals surface area contributed by atoms with E-state index < -0.39 is 7.12 Å². The highest BCUT2D eigenvalue weighted by Crippen LogP contribution is 2.19. The Morgan fingerprint density at radius 3 is 3.00 bits per heavy atom. The van der Waals surface area contributed by atoms with Gasteiger partial charge in [-0.25, -0.2) is 0 Å². The molecule has 0 aliphatic carbocycles. The van der Waals surface area contributed by atoms with Crippen molar-refractivity contribution < 1.29 is 10.0 Å². The summed E-state index contributed by atoms with van der Waals surface area (Å²) >= 11 is 0. The first-order valence-electron chi connectivity index (χ1n) is 4.83. The van der Waals surface area contributed by atoms with Gasteiger partial charge in [0, 0.05) is 17.7 Å².